The Morgan fingerprint density at radius 2 is 1.02 bits per heavy atom. The summed E-state index contributed by atoms with van der Waals surface area (Å²) < 4.78 is 36.5. The van der Waals surface area contributed by atoms with E-state index in [9.17, 15) is 24.9 Å². The van der Waals surface area contributed by atoms with Gasteiger partial charge in [0, 0.05) is 68.7 Å². The fourth-order valence-corrected chi connectivity index (χ4v) is 8.90. The number of nitrogens with zero attached hydrogens (tertiary/aromatic N) is 8. The molecular weight excluding hydrogens is 1130 g/mol. The van der Waals surface area contributed by atoms with Crippen LogP contribution in [0.3, 0.4) is 0 Å². The first kappa shape index (κ1) is 63.3. The monoisotopic (exact) mass is 1200 g/mol. The molecule has 7 N–H and O–H groups in total. The molecule has 0 bridgehead atoms. The summed E-state index contributed by atoms with van der Waals surface area (Å²) in [6.07, 6.45) is 5.22. The number of rotatable bonds is 17. The minimum absolute atomic E-state index is 0. The summed E-state index contributed by atoms with van der Waals surface area (Å²) in [5.41, 5.74) is 14.2. The fraction of sp³-hybridized carbons (Fsp3) is 0.283. The number of morpholine rings is 2. The second-order valence-electron chi connectivity index (χ2n) is 18.8. The summed E-state index contributed by atoms with van der Waals surface area (Å²) in [6, 6.07) is 33.3. The van der Waals surface area contributed by atoms with Gasteiger partial charge in [-0.3, -0.25) is 25.2 Å². The van der Waals surface area contributed by atoms with Gasteiger partial charge in [-0.2, -0.15) is 20.7 Å². The van der Waals surface area contributed by atoms with Crippen molar-refractivity contribution in [2.45, 2.75) is 28.2 Å². The molecule has 2 fully saturated rings. The van der Waals surface area contributed by atoms with Gasteiger partial charge in [-0.1, -0.05) is 31.7 Å². The van der Waals surface area contributed by atoms with Crippen LogP contribution in [0.15, 0.2) is 122 Å². The number of fused-ring (bicyclic) bond motifs is 2. The zero-order valence-corrected chi connectivity index (χ0v) is 47.8. The normalized spacial score (nSPS) is 13.0. The van der Waals surface area contributed by atoms with Crippen LogP contribution in [0, 0.1) is 36.5 Å². The standard InChI is InChI=1S/C30H31N7O5.C28H29N7O4.CH2Cl2.CH4/c1-20-26(35-30(39)41-16-13-36-11-14-40-15-12-36)19-37-29(20)28(22(17-31)18-32-37)34-23-7-9-24(10-8-23)42-27-6-4-3-5-25(27)33-21(2)38;1-19-24(33-28(36)38-15-12-34-10-13-37-14-11-34)18-35-27(19)26(20(16-29)17-31-35)32-21-6-8-22(9-7-21)39-25-5-3-2-4-23(25)30;2-1-3;/h3-10,18-19,34H,11-16H2,1-2H3,(H,33,38)(H,35,39);2-9,17-18,32H,10-15,30H2,1H3,(H,33,36);1H2;1H4. The first-order valence-electron chi connectivity index (χ1n) is 26.6. The highest BCUT2D eigenvalue weighted by atomic mass is 35.5. The molecular formula is C60H66Cl2N14O9. The summed E-state index contributed by atoms with van der Waals surface area (Å²) >= 11 is 9.53. The second-order valence-corrected chi connectivity index (χ2v) is 19.6. The van der Waals surface area contributed by atoms with Crippen LogP contribution in [0.4, 0.5) is 55.1 Å². The number of nitrogens with two attached hydrogens (primary N) is 1. The Bertz CT molecular complexity index is 3630. The minimum Gasteiger partial charge on any atom is -0.455 e. The molecule has 3 amide bonds. The number of carbonyl (C=O) groups is 3. The number of hydrogen-bond acceptors (Lipinski definition) is 18. The number of nitrogens with one attached hydrogen (secondary N) is 5. The molecule has 0 aliphatic carbocycles. The molecule has 85 heavy (non-hydrogen) atoms. The highest BCUT2D eigenvalue weighted by molar-refractivity contribution is 6.40. The van der Waals surface area contributed by atoms with Gasteiger partial charge in [0.2, 0.25) is 5.91 Å². The number of benzene rings is 4. The van der Waals surface area contributed by atoms with Crippen molar-refractivity contribution in [2.24, 2.45) is 0 Å². The number of ether oxygens (including phenoxy) is 6. The largest absolute Gasteiger partial charge is 0.455 e. The molecule has 0 radical (unpaired) electrons. The molecule has 23 nitrogen and oxygen atoms in total. The van der Waals surface area contributed by atoms with E-state index >= 15 is 0 Å². The van der Waals surface area contributed by atoms with Gasteiger partial charge in [0.25, 0.3) is 0 Å². The highest BCUT2D eigenvalue weighted by Crippen LogP contribution is 2.36. The third-order valence-electron chi connectivity index (χ3n) is 13.1. The van der Waals surface area contributed by atoms with E-state index in [1.165, 1.54) is 19.3 Å². The van der Waals surface area contributed by atoms with Crippen molar-refractivity contribution in [3.63, 3.8) is 0 Å². The predicted octanol–water partition coefficient (Wildman–Crippen LogP) is 11.5. The third kappa shape index (κ3) is 17.4. The van der Waals surface area contributed by atoms with E-state index in [0.29, 0.717) is 124 Å². The van der Waals surface area contributed by atoms with Crippen molar-refractivity contribution in [3.8, 4) is 35.1 Å². The zero-order valence-electron chi connectivity index (χ0n) is 46.3. The van der Waals surface area contributed by atoms with Crippen LogP contribution in [0.25, 0.3) is 11.0 Å². The molecule has 2 aliphatic heterocycles. The van der Waals surface area contributed by atoms with Crippen molar-refractivity contribution in [3.05, 3.63) is 144 Å². The van der Waals surface area contributed by atoms with E-state index in [1.54, 1.807) is 57.8 Å². The van der Waals surface area contributed by atoms with Crippen molar-refractivity contribution in [1.82, 2.24) is 29.0 Å². The molecule has 2 saturated heterocycles. The smallest absolute Gasteiger partial charge is 0.411 e. The van der Waals surface area contributed by atoms with Crippen LogP contribution in [0.1, 0.15) is 36.6 Å². The number of hydrogen-bond donors (Lipinski definition) is 6. The molecule has 4 aromatic heterocycles. The topological polar surface area (TPSA) is 281 Å². The van der Waals surface area contributed by atoms with Crippen molar-refractivity contribution >= 4 is 97.8 Å². The van der Waals surface area contributed by atoms with Crippen LogP contribution < -0.4 is 41.8 Å². The first-order chi connectivity index (χ1) is 40.8. The Balaban J connectivity index is 0.000000231. The quantitative estimate of drug-likeness (QED) is 0.0365. The van der Waals surface area contributed by atoms with E-state index in [0.717, 1.165) is 43.0 Å². The molecule has 6 heterocycles. The highest BCUT2D eigenvalue weighted by Gasteiger charge is 2.21. The summed E-state index contributed by atoms with van der Waals surface area (Å²) in [4.78, 5) is 40.9. The van der Waals surface area contributed by atoms with Gasteiger partial charge in [-0.15, -0.1) is 23.2 Å². The molecule has 0 unspecified atom stereocenters. The van der Waals surface area contributed by atoms with Gasteiger partial charge in [0.1, 0.15) is 42.6 Å². The first-order valence-corrected chi connectivity index (χ1v) is 27.6. The lowest BCUT2D eigenvalue weighted by Gasteiger charge is -2.26. The van der Waals surface area contributed by atoms with Gasteiger partial charge in [-0.05, 0) is 86.6 Å². The van der Waals surface area contributed by atoms with Gasteiger partial charge < -0.3 is 50.1 Å². The van der Waals surface area contributed by atoms with Crippen molar-refractivity contribution in [1.29, 1.82) is 10.5 Å². The lowest BCUT2D eigenvalue weighted by molar-refractivity contribution is -0.114. The zero-order chi connectivity index (χ0) is 59.4. The molecule has 2 aliphatic rings. The maximum atomic E-state index is 12.5. The van der Waals surface area contributed by atoms with Crippen LogP contribution in [-0.2, 0) is 23.7 Å². The van der Waals surface area contributed by atoms with Gasteiger partial charge in [0.15, 0.2) is 5.75 Å². The second kappa shape index (κ2) is 31.4. The molecule has 0 atom stereocenters. The Kier molecular flexibility index (Phi) is 23.3. The van der Waals surface area contributed by atoms with Gasteiger partial charge in [-0.25, -0.2) is 18.6 Å². The Hall–Kier alpha value is -9.33. The van der Waals surface area contributed by atoms with E-state index in [4.69, 9.17) is 57.4 Å². The summed E-state index contributed by atoms with van der Waals surface area (Å²) in [7, 11) is 0. The van der Waals surface area contributed by atoms with Crippen LogP contribution in [0.2, 0.25) is 0 Å². The fourth-order valence-electron chi connectivity index (χ4n) is 8.90. The maximum Gasteiger partial charge on any atom is 0.411 e. The molecule has 10 rings (SSSR count). The maximum absolute atomic E-state index is 12.5. The number of halogens is 2. The lowest BCUT2D eigenvalue weighted by Crippen LogP contribution is -2.38. The number of aryl methyl sites for hydroxylation is 2. The van der Waals surface area contributed by atoms with Crippen molar-refractivity contribution in [2.75, 3.05) is 117 Å². The number of anilines is 8. The number of para-hydroxylation sites is 4. The SMILES string of the molecule is C.CC(=O)Nc1ccccc1Oc1ccc(Nc2c(C#N)cnn3cc(NC(=O)OCCN4CCOCC4)c(C)c23)cc1.Cc1c(NC(=O)OCCN2CCOCC2)cn2ncc(C#N)c(Nc3ccc(Oc4ccccc4N)cc3)c12.ClCCl. The predicted molar refractivity (Wildman–Crippen MR) is 328 cm³/mol. The average molecular weight is 1200 g/mol. The minimum atomic E-state index is -0.562. The van der Waals surface area contributed by atoms with Crippen LogP contribution in [-0.4, -0.2) is 131 Å². The Morgan fingerprint density at radius 1 is 0.612 bits per heavy atom. The number of aromatic nitrogens is 4. The van der Waals surface area contributed by atoms with Crippen molar-refractivity contribution < 1.29 is 42.8 Å². The van der Waals surface area contributed by atoms with Gasteiger partial charge >= 0.3 is 12.2 Å². The lowest BCUT2D eigenvalue weighted by atomic mass is 10.1. The number of carbonyl (C=O) groups excluding carboxylic acids is 3. The number of alkyl halides is 2. The van der Waals surface area contributed by atoms with Gasteiger partial charge in [0.05, 0.1) is 113 Å². The summed E-state index contributed by atoms with van der Waals surface area (Å²) in [5.74, 6) is 2.08. The molecule has 25 heteroatoms. The third-order valence-corrected chi connectivity index (χ3v) is 13.1. The number of nitrogen functional groups attached to an aromatic ring is 1. The van der Waals surface area contributed by atoms with Crippen LogP contribution in [0.5, 0.6) is 23.0 Å². The van der Waals surface area contributed by atoms with Crippen LogP contribution >= 0.6 is 23.2 Å². The molecule has 444 valence electrons. The number of nitriles is 2. The van der Waals surface area contributed by atoms with E-state index in [-0.39, 0.29) is 31.9 Å². The Labute approximate surface area is 502 Å². The Morgan fingerprint density at radius 3 is 1.45 bits per heavy atom. The number of amides is 3. The van der Waals surface area contributed by atoms with E-state index in [2.05, 4.69) is 58.7 Å². The molecule has 0 saturated carbocycles. The molecule has 0 spiro atoms. The molecule has 4 aromatic carbocycles. The average Bonchev–Trinajstić information content (AvgIpc) is 2.35. The summed E-state index contributed by atoms with van der Waals surface area (Å²) in [5, 5.41) is 43.5. The van der Waals surface area contributed by atoms with E-state index < -0.39 is 12.2 Å². The van der Waals surface area contributed by atoms with E-state index in [1.807, 2.05) is 74.5 Å². The summed E-state index contributed by atoms with van der Waals surface area (Å²) in [6.45, 7) is 13.0. The molecule has 8 aromatic rings.